The summed E-state index contributed by atoms with van der Waals surface area (Å²) in [5.74, 6) is 0. The summed E-state index contributed by atoms with van der Waals surface area (Å²) in [7, 11) is 0. The Bertz CT molecular complexity index is 376. The first-order valence-corrected chi connectivity index (χ1v) is 6.72. The maximum atomic E-state index is 9.58. The highest BCUT2D eigenvalue weighted by atomic mass is 79.9. The van der Waals surface area contributed by atoms with Crippen molar-refractivity contribution in [2.75, 3.05) is 18.0 Å². The van der Waals surface area contributed by atoms with Gasteiger partial charge in [0.25, 0.3) is 0 Å². The van der Waals surface area contributed by atoms with Gasteiger partial charge in [-0.3, -0.25) is 0 Å². The summed E-state index contributed by atoms with van der Waals surface area (Å²) in [5.41, 5.74) is 2.08. The minimum atomic E-state index is -0.447. The first-order valence-electron chi connectivity index (χ1n) is 5.93. The molecule has 1 aromatic carbocycles. The standard InChI is InChI=1S/C14H20BrNO/c1-4-8-16(9-5-2)12-6-7-13(11(3)17)14(15)10-12/h4,6-7,10-11,17H,1,5,8-9H2,2-3H3. The third kappa shape index (κ3) is 3.86. The molecule has 94 valence electrons. The van der Waals surface area contributed by atoms with Gasteiger partial charge in [0.05, 0.1) is 6.10 Å². The molecule has 0 heterocycles. The number of aliphatic hydroxyl groups excluding tert-OH is 1. The number of benzene rings is 1. The van der Waals surface area contributed by atoms with Gasteiger partial charge in [0.2, 0.25) is 0 Å². The third-order valence-corrected chi connectivity index (χ3v) is 3.33. The number of halogens is 1. The highest BCUT2D eigenvalue weighted by Gasteiger charge is 2.09. The molecule has 1 rings (SSSR count). The lowest BCUT2D eigenvalue weighted by Gasteiger charge is -2.23. The van der Waals surface area contributed by atoms with Gasteiger partial charge in [0.1, 0.15) is 0 Å². The summed E-state index contributed by atoms with van der Waals surface area (Å²) < 4.78 is 0.954. The summed E-state index contributed by atoms with van der Waals surface area (Å²) >= 11 is 3.51. The Morgan fingerprint density at radius 3 is 2.71 bits per heavy atom. The van der Waals surface area contributed by atoms with Gasteiger partial charge >= 0.3 is 0 Å². The summed E-state index contributed by atoms with van der Waals surface area (Å²) in [6.07, 6.45) is 2.56. The molecule has 0 saturated heterocycles. The molecule has 0 spiro atoms. The van der Waals surface area contributed by atoms with E-state index in [2.05, 4.69) is 40.4 Å². The SMILES string of the molecule is C=CCN(CCC)c1ccc(C(C)O)c(Br)c1. The van der Waals surface area contributed by atoms with E-state index in [1.54, 1.807) is 6.92 Å². The third-order valence-electron chi connectivity index (χ3n) is 2.64. The molecule has 2 nitrogen and oxygen atoms in total. The van der Waals surface area contributed by atoms with Crippen LogP contribution in [0.25, 0.3) is 0 Å². The van der Waals surface area contributed by atoms with E-state index in [9.17, 15) is 5.11 Å². The Kier molecular flexibility index (Phi) is 5.72. The minimum Gasteiger partial charge on any atom is -0.389 e. The molecule has 0 aliphatic carbocycles. The molecule has 0 aromatic heterocycles. The monoisotopic (exact) mass is 297 g/mol. The average Bonchev–Trinajstić information content (AvgIpc) is 2.28. The van der Waals surface area contributed by atoms with Gasteiger partial charge in [0, 0.05) is 23.2 Å². The molecule has 17 heavy (non-hydrogen) atoms. The maximum absolute atomic E-state index is 9.58. The van der Waals surface area contributed by atoms with Gasteiger partial charge < -0.3 is 10.0 Å². The Balaban J connectivity index is 2.97. The van der Waals surface area contributed by atoms with Crippen LogP contribution in [0.1, 0.15) is 31.9 Å². The van der Waals surface area contributed by atoms with Crippen molar-refractivity contribution in [1.82, 2.24) is 0 Å². The Labute approximate surface area is 112 Å². The number of hydrogen-bond acceptors (Lipinski definition) is 2. The number of anilines is 1. The van der Waals surface area contributed by atoms with E-state index in [0.717, 1.165) is 35.2 Å². The summed E-state index contributed by atoms with van der Waals surface area (Å²) in [4.78, 5) is 2.27. The second-order valence-electron chi connectivity index (χ2n) is 4.12. The highest BCUT2D eigenvalue weighted by Crippen LogP contribution is 2.28. The van der Waals surface area contributed by atoms with Crippen LogP contribution in [-0.2, 0) is 0 Å². The molecule has 0 amide bonds. The normalized spacial score (nSPS) is 12.2. The van der Waals surface area contributed by atoms with Crippen molar-refractivity contribution in [2.24, 2.45) is 0 Å². The van der Waals surface area contributed by atoms with Crippen molar-refractivity contribution in [2.45, 2.75) is 26.4 Å². The second kappa shape index (κ2) is 6.82. The van der Waals surface area contributed by atoms with E-state index < -0.39 is 6.10 Å². The minimum absolute atomic E-state index is 0.447. The molecule has 0 aliphatic rings. The topological polar surface area (TPSA) is 23.5 Å². The molecule has 0 aliphatic heterocycles. The molecule has 0 bridgehead atoms. The van der Waals surface area contributed by atoms with E-state index in [1.807, 2.05) is 18.2 Å². The summed E-state index contributed by atoms with van der Waals surface area (Å²) in [6, 6.07) is 6.07. The van der Waals surface area contributed by atoms with Crippen LogP contribution in [0.15, 0.2) is 35.3 Å². The molecule has 1 aromatic rings. The second-order valence-corrected chi connectivity index (χ2v) is 4.97. The van der Waals surface area contributed by atoms with E-state index in [1.165, 1.54) is 0 Å². The van der Waals surface area contributed by atoms with Crippen LogP contribution in [0.4, 0.5) is 5.69 Å². The van der Waals surface area contributed by atoms with Crippen LogP contribution >= 0.6 is 15.9 Å². The zero-order chi connectivity index (χ0) is 12.8. The number of rotatable bonds is 6. The summed E-state index contributed by atoms with van der Waals surface area (Å²) in [6.45, 7) is 9.56. The van der Waals surface area contributed by atoms with Crippen LogP contribution in [0, 0.1) is 0 Å². The van der Waals surface area contributed by atoms with Crippen molar-refractivity contribution in [3.63, 3.8) is 0 Å². The molecular formula is C14H20BrNO. The first-order chi connectivity index (χ1) is 8.10. The molecule has 1 unspecified atom stereocenters. The van der Waals surface area contributed by atoms with Crippen LogP contribution in [-0.4, -0.2) is 18.2 Å². The van der Waals surface area contributed by atoms with Crippen molar-refractivity contribution < 1.29 is 5.11 Å². The molecule has 3 heteroatoms. The zero-order valence-electron chi connectivity index (χ0n) is 10.5. The van der Waals surface area contributed by atoms with E-state index in [0.29, 0.717) is 0 Å². The largest absolute Gasteiger partial charge is 0.389 e. The van der Waals surface area contributed by atoms with Crippen LogP contribution in [0.2, 0.25) is 0 Å². The summed E-state index contributed by atoms with van der Waals surface area (Å²) in [5, 5.41) is 9.58. The maximum Gasteiger partial charge on any atom is 0.0772 e. The molecule has 1 atom stereocenters. The van der Waals surface area contributed by atoms with Gasteiger partial charge in [-0.2, -0.15) is 0 Å². The lowest BCUT2D eigenvalue weighted by atomic mass is 10.1. The molecule has 1 N–H and O–H groups in total. The van der Waals surface area contributed by atoms with Gasteiger partial charge in [-0.15, -0.1) is 6.58 Å². The average molecular weight is 298 g/mol. The van der Waals surface area contributed by atoms with Gasteiger partial charge in [-0.1, -0.05) is 35.0 Å². The molecule has 0 radical (unpaired) electrons. The van der Waals surface area contributed by atoms with Crippen molar-refractivity contribution in [1.29, 1.82) is 0 Å². The van der Waals surface area contributed by atoms with Crippen LogP contribution in [0.5, 0.6) is 0 Å². The lowest BCUT2D eigenvalue weighted by Crippen LogP contribution is -2.23. The van der Waals surface area contributed by atoms with Gasteiger partial charge in [-0.05, 0) is 31.0 Å². The number of aliphatic hydroxyl groups is 1. The van der Waals surface area contributed by atoms with Gasteiger partial charge in [0.15, 0.2) is 0 Å². The van der Waals surface area contributed by atoms with Crippen LogP contribution < -0.4 is 4.90 Å². The fourth-order valence-corrected chi connectivity index (χ4v) is 2.50. The van der Waals surface area contributed by atoms with Crippen molar-refractivity contribution in [3.05, 3.63) is 40.9 Å². The smallest absolute Gasteiger partial charge is 0.0772 e. The van der Waals surface area contributed by atoms with E-state index in [4.69, 9.17) is 0 Å². The predicted octanol–water partition coefficient (Wildman–Crippen LogP) is 3.90. The van der Waals surface area contributed by atoms with E-state index >= 15 is 0 Å². The highest BCUT2D eigenvalue weighted by molar-refractivity contribution is 9.10. The predicted molar refractivity (Wildman–Crippen MR) is 77.5 cm³/mol. The van der Waals surface area contributed by atoms with Crippen molar-refractivity contribution in [3.8, 4) is 0 Å². The molecule has 0 fully saturated rings. The Hall–Kier alpha value is -0.800. The van der Waals surface area contributed by atoms with E-state index in [-0.39, 0.29) is 0 Å². The number of nitrogens with zero attached hydrogens (tertiary/aromatic N) is 1. The quantitative estimate of drug-likeness (QED) is 0.805. The molecular weight excluding hydrogens is 278 g/mol. The lowest BCUT2D eigenvalue weighted by molar-refractivity contribution is 0.198. The Morgan fingerprint density at radius 1 is 1.53 bits per heavy atom. The van der Waals surface area contributed by atoms with Crippen LogP contribution in [0.3, 0.4) is 0 Å². The fourth-order valence-electron chi connectivity index (χ4n) is 1.80. The zero-order valence-corrected chi connectivity index (χ0v) is 12.1. The first kappa shape index (κ1) is 14.3. The van der Waals surface area contributed by atoms with Crippen molar-refractivity contribution >= 4 is 21.6 Å². The number of hydrogen-bond donors (Lipinski definition) is 1. The Morgan fingerprint density at radius 2 is 2.24 bits per heavy atom. The fraction of sp³-hybridized carbons (Fsp3) is 0.429. The molecule has 0 saturated carbocycles. The van der Waals surface area contributed by atoms with Gasteiger partial charge in [-0.25, -0.2) is 0 Å².